The van der Waals surface area contributed by atoms with Crippen LogP contribution in [0.1, 0.15) is 18.4 Å². The van der Waals surface area contributed by atoms with E-state index in [-0.39, 0.29) is 5.82 Å². The van der Waals surface area contributed by atoms with Gasteiger partial charge in [0.05, 0.1) is 12.7 Å². The summed E-state index contributed by atoms with van der Waals surface area (Å²) in [7, 11) is 0. The Labute approximate surface area is 101 Å². The summed E-state index contributed by atoms with van der Waals surface area (Å²) in [5.74, 6) is 0.553. The molecular weight excluding hydrogens is 217 g/mol. The van der Waals surface area contributed by atoms with E-state index in [1.165, 1.54) is 38.1 Å². The molecule has 2 bridgehead atoms. The van der Waals surface area contributed by atoms with Crippen LogP contribution in [0.4, 0.5) is 4.39 Å². The second kappa shape index (κ2) is 4.75. The van der Waals surface area contributed by atoms with Crippen LogP contribution in [0.15, 0.2) is 24.3 Å². The van der Waals surface area contributed by atoms with E-state index in [0.29, 0.717) is 12.7 Å². The standard InChI is InChI=1S/C14H18FNO/c15-13-3-1-11(2-4-13)10-17-14-9-16-7-5-12(14)6-8-16/h1-4,12,14H,5-10H2. The molecule has 3 aliphatic rings. The molecule has 2 nitrogen and oxygen atoms in total. The molecule has 1 unspecified atom stereocenters. The van der Waals surface area contributed by atoms with Gasteiger partial charge in [0.2, 0.25) is 0 Å². The van der Waals surface area contributed by atoms with Crippen molar-refractivity contribution in [2.75, 3.05) is 19.6 Å². The summed E-state index contributed by atoms with van der Waals surface area (Å²) in [6.07, 6.45) is 2.92. The van der Waals surface area contributed by atoms with E-state index in [4.69, 9.17) is 4.74 Å². The number of fused-ring (bicyclic) bond motifs is 3. The first kappa shape index (κ1) is 11.2. The largest absolute Gasteiger partial charge is 0.372 e. The van der Waals surface area contributed by atoms with E-state index in [1.807, 2.05) is 0 Å². The first-order valence-corrected chi connectivity index (χ1v) is 6.40. The van der Waals surface area contributed by atoms with Crippen molar-refractivity contribution in [3.05, 3.63) is 35.6 Å². The van der Waals surface area contributed by atoms with Crippen molar-refractivity contribution < 1.29 is 9.13 Å². The molecule has 0 N–H and O–H groups in total. The summed E-state index contributed by atoms with van der Waals surface area (Å²) in [6.45, 7) is 4.16. The van der Waals surface area contributed by atoms with Gasteiger partial charge in [0, 0.05) is 6.54 Å². The molecular formula is C14H18FNO. The van der Waals surface area contributed by atoms with E-state index in [1.54, 1.807) is 12.1 Å². The average Bonchev–Trinajstić information content (AvgIpc) is 2.39. The summed E-state index contributed by atoms with van der Waals surface area (Å²) in [5.41, 5.74) is 1.06. The highest BCUT2D eigenvalue weighted by atomic mass is 19.1. The highest BCUT2D eigenvalue weighted by molar-refractivity contribution is 5.15. The van der Waals surface area contributed by atoms with Crippen LogP contribution < -0.4 is 0 Å². The van der Waals surface area contributed by atoms with Gasteiger partial charge in [-0.25, -0.2) is 4.39 Å². The molecule has 0 saturated carbocycles. The van der Waals surface area contributed by atoms with Gasteiger partial charge in [0.25, 0.3) is 0 Å². The molecule has 4 rings (SSSR count). The normalized spacial score (nSPS) is 31.7. The Bertz CT molecular complexity index is 370. The molecule has 17 heavy (non-hydrogen) atoms. The fourth-order valence-electron chi connectivity index (χ4n) is 2.88. The maximum atomic E-state index is 12.8. The van der Waals surface area contributed by atoms with Gasteiger partial charge in [-0.2, -0.15) is 0 Å². The minimum atomic E-state index is -0.184. The smallest absolute Gasteiger partial charge is 0.123 e. The maximum absolute atomic E-state index is 12.8. The zero-order chi connectivity index (χ0) is 11.7. The first-order chi connectivity index (χ1) is 8.31. The van der Waals surface area contributed by atoms with Crippen molar-refractivity contribution in [1.29, 1.82) is 0 Å². The molecule has 1 atom stereocenters. The van der Waals surface area contributed by atoms with Crippen LogP contribution in [-0.2, 0) is 11.3 Å². The third-order valence-corrected chi connectivity index (χ3v) is 3.97. The molecule has 3 heteroatoms. The monoisotopic (exact) mass is 235 g/mol. The second-order valence-electron chi connectivity index (χ2n) is 5.11. The highest BCUT2D eigenvalue weighted by Gasteiger charge is 2.34. The van der Waals surface area contributed by atoms with Crippen molar-refractivity contribution >= 4 is 0 Å². The van der Waals surface area contributed by atoms with E-state index in [2.05, 4.69) is 4.90 Å². The lowest BCUT2D eigenvalue weighted by Crippen LogP contribution is -2.51. The summed E-state index contributed by atoms with van der Waals surface area (Å²) >= 11 is 0. The predicted molar refractivity (Wildman–Crippen MR) is 64.1 cm³/mol. The SMILES string of the molecule is Fc1ccc(COC2CN3CCC2CC3)cc1. The lowest BCUT2D eigenvalue weighted by Gasteiger charge is -2.44. The van der Waals surface area contributed by atoms with Crippen LogP contribution in [0, 0.1) is 11.7 Å². The lowest BCUT2D eigenvalue weighted by atomic mass is 9.86. The Morgan fingerprint density at radius 1 is 1.18 bits per heavy atom. The quantitative estimate of drug-likeness (QED) is 0.798. The first-order valence-electron chi connectivity index (χ1n) is 6.40. The number of hydrogen-bond acceptors (Lipinski definition) is 2. The van der Waals surface area contributed by atoms with Gasteiger partial charge in [0.15, 0.2) is 0 Å². The molecule has 1 aromatic carbocycles. The maximum Gasteiger partial charge on any atom is 0.123 e. The Morgan fingerprint density at radius 2 is 1.88 bits per heavy atom. The predicted octanol–water partition coefficient (Wildman–Crippen LogP) is 2.44. The van der Waals surface area contributed by atoms with E-state index >= 15 is 0 Å². The van der Waals surface area contributed by atoms with Crippen LogP contribution in [0.25, 0.3) is 0 Å². The van der Waals surface area contributed by atoms with Gasteiger partial charge < -0.3 is 9.64 Å². The van der Waals surface area contributed by atoms with Gasteiger partial charge in [-0.15, -0.1) is 0 Å². The Hall–Kier alpha value is -0.930. The van der Waals surface area contributed by atoms with Crippen molar-refractivity contribution in [3.63, 3.8) is 0 Å². The third kappa shape index (κ3) is 2.50. The minimum Gasteiger partial charge on any atom is -0.372 e. The molecule has 3 saturated heterocycles. The molecule has 0 spiro atoms. The topological polar surface area (TPSA) is 12.5 Å². The molecule has 1 aromatic rings. The zero-order valence-corrected chi connectivity index (χ0v) is 9.94. The van der Waals surface area contributed by atoms with Crippen molar-refractivity contribution in [2.24, 2.45) is 5.92 Å². The average molecular weight is 235 g/mol. The van der Waals surface area contributed by atoms with Crippen LogP contribution in [0.2, 0.25) is 0 Å². The van der Waals surface area contributed by atoms with Gasteiger partial charge in [-0.05, 0) is 49.5 Å². The zero-order valence-electron chi connectivity index (χ0n) is 9.94. The fraction of sp³-hybridized carbons (Fsp3) is 0.571. The number of hydrogen-bond donors (Lipinski definition) is 0. The molecule has 3 fully saturated rings. The van der Waals surface area contributed by atoms with Gasteiger partial charge in [0.1, 0.15) is 5.82 Å². The van der Waals surface area contributed by atoms with E-state index in [0.717, 1.165) is 18.0 Å². The molecule has 0 aromatic heterocycles. The summed E-state index contributed by atoms with van der Waals surface area (Å²) in [5, 5.41) is 0. The van der Waals surface area contributed by atoms with Crippen LogP contribution >= 0.6 is 0 Å². The summed E-state index contributed by atoms with van der Waals surface area (Å²) in [6, 6.07) is 6.60. The van der Waals surface area contributed by atoms with Crippen molar-refractivity contribution in [2.45, 2.75) is 25.6 Å². The molecule has 0 amide bonds. The second-order valence-corrected chi connectivity index (χ2v) is 5.11. The van der Waals surface area contributed by atoms with Crippen LogP contribution in [0.3, 0.4) is 0 Å². The van der Waals surface area contributed by atoms with Crippen molar-refractivity contribution in [3.8, 4) is 0 Å². The highest BCUT2D eigenvalue weighted by Crippen LogP contribution is 2.29. The number of halogens is 1. The van der Waals surface area contributed by atoms with Crippen molar-refractivity contribution in [1.82, 2.24) is 4.90 Å². The van der Waals surface area contributed by atoms with E-state index < -0.39 is 0 Å². The molecule has 3 heterocycles. The lowest BCUT2D eigenvalue weighted by molar-refractivity contribution is -0.0765. The van der Waals surface area contributed by atoms with Crippen LogP contribution in [-0.4, -0.2) is 30.6 Å². The Kier molecular flexibility index (Phi) is 3.12. The van der Waals surface area contributed by atoms with Crippen LogP contribution in [0.5, 0.6) is 0 Å². The summed E-state index contributed by atoms with van der Waals surface area (Å²) < 4.78 is 18.7. The molecule has 0 radical (unpaired) electrons. The third-order valence-electron chi connectivity index (χ3n) is 3.97. The summed E-state index contributed by atoms with van der Waals surface area (Å²) in [4.78, 5) is 2.48. The van der Waals surface area contributed by atoms with Gasteiger partial charge in [-0.3, -0.25) is 0 Å². The molecule has 92 valence electrons. The fourth-order valence-corrected chi connectivity index (χ4v) is 2.88. The Balaban J connectivity index is 1.56. The number of rotatable bonds is 3. The number of nitrogens with zero attached hydrogens (tertiary/aromatic N) is 1. The minimum absolute atomic E-state index is 0.184. The van der Waals surface area contributed by atoms with Gasteiger partial charge >= 0.3 is 0 Å². The number of piperidine rings is 3. The molecule has 3 aliphatic heterocycles. The molecule has 0 aliphatic carbocycles. The Morgan fingerprint density at radius 3 is 2.47 bits per heavy atom. The number of ether oxygens (including phenoxy) is 1. The van der Waals surface area contributed by atoms with E-state index in [9.17, 15) is 4.39 Å². The number of benzene rings is 1. The van der Waals surface area contributed by atoms with Gasteiger partial charge in [-0.1, -0.05) is 12.1 Å².